The van der Waals surface area contributed by atoms with Crippen LogP contribution >= 0.6 is 23.2 Å². The summed E-state index contributed by atoms with van der Waals surface area (Å²) in [5, 5.41) is 4.30. The molecule has 0 aliphatic heterocycles. The first-order valence-corrected chi connectivity index (χ1v) is 7.19. The van der Waals surface area contributed by atoms with Crippen molar-refractivity contribution in [1.82, 2.24) is 5.32 Å². The predicted octanol–water partition coefficient (Wildman–Crippen LogP) is 5.30. The molecule has 0 heterocycles. The molecule has 0 spiro atoms. The van der Waals surface area contributed by atoms with Crippen LogP contribution in [-0.4, -0.2) is 6.04 Å². The third-order valence-electron chi connectivity index (χ3n) is 2.92. The molecule has 0 aromatic heterocycles. The molecule has 0 aliphatic rings. The number of rotatable bonds is 4. The van der Waals surface area contributed by atoms with Gasteiger partial charge in [0.05, 0.1) is 0 Å². The zero-order valence-corrected chi connectivity index (χ0v) is 12.9. The van der Waals surface area contributed by atoms with Crippen molar-refractivity contribution in [2.45, 2.75) is 26.4 Å². The highest BCUT2D eigenvalue weighted by atomic mass is 35.5. The molecule has 0 saturated carbocycles. The molecule has 0 amide bonds. The Morgan fingerprint density at radius 1 is 1.05 bits per heavy atom. The molecule has 0 aliphatic carbocycles. The Hall–Kier alpha value is -1.09. The molecule has 2 aromatic carbocycles. The number of benzene rings is 2. The van der Waals surface area contributed by atoms with Gasteiger partial charge in [-0.3, -0.25) is 0 Å². The molecule has 2 aromatic rings. The van der Waals surface area contributed by atoms with Gasteiger partial charge in [0, 0.05) is 28.2 Å². The number of hydrogen-bond donors (Lipinski definition) is 1. The summed E-state index contributed by atoms with van der Waals surface area (Å²) in [4.78, 5) is 0. The van der Waals surface area contributed by atoms with Crippen LogP contribution in [0.3, 0.4) is 0 Å². The van der Waals surface area contributed by atoms with E-state index in [1.165, 1.54) is 6.07 Å². The van der Waals surface area contributed by atoms with Crippen LogP contribution in [0, 0.1) is 5.82 Å². The van der Waals surface area contributed by atoms with Crippen molar-refractivity contribution in [3.8, 4) is 11.1 Å². The molecule has 0 bridgehead atoms. The van der Waals surface area contributed by atoms with Crippen molar-refractivity contribution in [3.05, 3.63) is 57.8 Å². The lowest BCUT2D eigenvalue weighted by Crippen LogP contribution is -2.21. The molecule has 0 fully saturated rings. The Morgan fingerprint density at radius 2 is 1.70 bits per heavy atom. The monoisotopic (exact) mass is 311 g/mol. The van der Waals surface area contributed by atoms with Gasteiger partial charge in [-0.25, -0.2) is 4.39 Å². The van der Waals surface area contributed by atoms with Crippen LogP contribution < -0.4 is 5.32 Å². The molecule has 106 valence electrons. The van der Waals surface area contributed by atoms with Crippen LogP contribution in [0.5, 0.6) is 0 Å². The average molecular weight is 312 g/mol. The molecule has 0 atom stereocenters. The molecule has 2 rings (SSSR count). The average Bonchev–Trinajstić information content (AvgIpc) is 2.36. The summed E-state index contributed by atoms with van der Waals surface area (Å²) in [5.41, 5.74) is 2.22. The van der Waals surface area contributed by atoms with E-state index in [2.05, 4.69) is 19.2 Å². The molecule has 0 saturated heterocycles. The maximum absolute atomic E-state index is 14.0. The van der Waals surface area contributed by atoms with Gasteiger partial charge in [0.1, 0.15) is 5.82 Å². The lowest BCUT2D eigenvalue weighted by Gasteiger charge is -2.11. The van der Waals surface area contributed by atoms with Crippen LogP contribution in [-0.2, 0) is 6.54 Å². The van der Waals surface area contributed by atoms with Crippen LogP contribution in [0.1, 0.15) is 19.4 Å². The first-order valence-electron chi connectivity index (χ1n) is 6.44. The zero-order chi connectivity index (χ0) is 14.7. The van der Waals surface area contributed by atoms with Gasteiger partial charge in [0.15, 0.2) is 0 Å². The molecule has 0 radical (unpaired) electrons. The van der Waals surface area contributed by atoms with Crippen molar-refractivity contribution in [2.75, 3.05) is 0 Å². The lowest BCUT2D eigenvalue weighted by atomic mass is 10.0. The summed E-state index contributed by atoms with van der Waals surface area (Å²) in [6, 6.07) is 10.5. The minimum Gasteiger partial charge on any atom is -0.310 e. The molecular weight excluding hydrogens is 296 g/mol. The van der Waals surface area contributed by atoms with Gasteiger partial charge < -0.3 is 5.32 Å². The largest absolute Gasteiger partial charge is 0.310 e. The fraction of sp³-hybridized carbons (Fsp3) is 0.250. The van der Waals surface area contributed by atoms with Gasteiger partial charge in [-0.05, 0) is 41.5 Å². The first-order chi connectivity index (χ1) is 9.45. The molecule has 1 N–H and O–H groups in total. The third kappa shape index (κ3) is 3.95. The van der Waals surface area contributed by atoms with Gasteiger partial charge in [-0.15, -0.1) is 0 Å². The first kappa shape index (κ1) is 15.3. The van der Waals surface area contributed by atoms with Gasteiger partial charge in [-0.1, -0.05) is 43.1 Å². The highest BCUT2D eigenvalue weighted by Crippen LogP contribution is 2.29. The Balaban J connectivity index is 2.37. The van der Waals surface area contributed by atoms with Gasteiger partial charge >= 0.3 is 0 Å². The minimum absolute atomic E-state index is 0.281. The Morgan fingerprint density at radius 3 is 2.30 bits per heavy atom. The van der Waals surface area contributed by atoms with Crippen molar-refractivity contribution >= 4 is 23.2 Å². The van der Waals surface area contributed by atoms with Crippen molar-refractivity contribution < 1.29 is 4.39 Å². The normalized spacial score (nSPS) is 11.1. The van der Waals surface area contributed by atoms with Crippen LogP contribution in [0.15, 0.2) is 36.4 Å². The van der Waals surface area contributed by atoms with E-state index < -0.39 is 0 Å². The highest BCUT2D eigenvalue weighted by Gasteiger charge is 2.08. The van der Waals surface area contributed by atoms with E-state index in [-0.39, 0.29) is 5.82 Å². The summed E-state index contributed by atoms with van der Waals surface area (Å²) in [6.07, 6.45) is 0. The number of nitrogens with one attached hydrogen (secondary N) is 1. The second-order valence-corrected chi connectivity index (χ2v) is 5.88. The summed E-state index contributed by atoms with van der Waals surface area (Å²) in [5.74, 6) is -0.281. The van der Waals surface area contributed by atoms with E-state index in [9.17, 15) is 4.39 Å². The van der Waals surface area contributed by atoms with E-state index in [1.807, 2.05) is 6.07 Å². The van der Waals surface area contributed by atoms with E-state index in [0.717, 1.165) is 5.56 Å². The maximum Gasteiger partial charge on any atom is 0.131 e. The molecule has 20 heavy (non-hydrogen) atoms. The molecule has 0 unspecified atom stereocenters. The van der Waals surface area contributed by atoms with E-state index >= 15 is 0 Å². The molecule has 4 heteroatoms. The van der Waals surface area contributed by atoms with Crippen molar-refractivity contribution in [1.29, 1.82) is 0 Å². The summed E-state index contributed by atoms with van der Waals surface area (Å²) >= 11 is 12.0. The van der Waals surface area contributed by atoms with Crippen molar-refractivity contribution in [3.63, 3.8) is 0 Å². The quantitative estimate of drug-likeness (QED) is 0.808. The van der Waals surface area contributed by atoms with Crippen molar-refractivity contribution in [2.24, 2.45) is 0 Å². The number of halogens is 3. The predicted molar refractivity (Wildman–Crippen MR) is 83.8 cm³/mol. The second-order valence-electron chi connectivity index (χ2n) is 5.01. The highest BCUT2D eigenvalue weighted by molar-refractivity contribution is 6.35. The SMILES string of the molecule is CC(C)NCc1ccc(F)c(-c2cc(Cl)cc(Cl)c2)c1. The van der Waals surface area contributed by atoms with Gasteiger partial charge in [-0.2, -0.15) is 0 Å². The summed E-state index contributed by atoms with van der Waals surface area (Å²) in [6.45, 7) is 4.83. The van der Waals surface area contributed by atoms with E-state index in [4.69, 9.17) is 23.2 Å². The smallest absolute Gasteiger partial charge is 0.131 e. The topological polar surface area (TPSA) is 12.0 Å². The Labute approximate surface area is 128 Å². The third-order valence-corrected chi connectivity index (χ3v) is 3.36. The molecule has 1 nitrogen and oxygen atoms in total. The Kier molecular flexibility index (Phi) is 5.03. The standard InChI is InChI=1S/C16H16Cl2FN/c1-10(2)20-9-11-3-4-16(19)15(5-11)12-6-13(17)8-14(18)7-12/h3-8,10,20H,9H2,1-2H3. The number of hydrogen-bond acceptors (Lipinski definition) is 1. The Bertz CT molecular complexity index is 591. The summed E-state index contributed by atoms with van der Waals surface area (Å²) < 4.78 is 14.0. The maximum atomic E-state index is 14.0. The van der Waals surface area contributed by atoms with Crippen LogP contribution in [0.4, 0.5) is 4.39 Å². The zero-order valence-electron chi connectivity index (χ0n) is 11.4. The van der Waals surface area contributed by atoms with Crippen LogP contribution in [0.25, 0.3) is 11.1 Å². The summed E-state index contributed by atoms with van der Waals surface area (Å²) in [7, 11) is 0. The second kappa shape index (κ2) is 6.57. The van der Waals surface area contributed by atoms with Gasteiger partial charge in [0.25, 0.3) is 0 Å². The van der Waals surface area contributed by atoms with E-state index in [0.29, 0.717) is 33.8 Å². The van der Waals surface area contributed by atoms with E-state index in [1.54, 1.807) is 24.3 Å². The minimum atomic E-state index is -0.281. The van der Waals surface area contributed by atoms with Gasteiger partial charge in [0.2, 0.25) is 0 Å². The fourth-order valence-corrected chi connectivity index (χ4v) is 2.46. The lowest BCUT2D eigenvalue weighted by molar-refractivity contribution is 0.586. The fourth-order valence-electron chi connectivity index (χ4n) is 1.93. The van der Waals surface area contributed by atoms with Crippen LogP contribution in [0.2, 0.25) is 10.0 Å². The molecular formula is C16H16Cl2FN.